The fourth-order valence-corrected chi connectivity index (χ4v) is 4.59. The van der Waals surface area contributed by atoms with Crippen LogP contribution in [0.15, 0.2) is 29.2 Å². The van der Waals surface area contributed by atoms with E-state index in [4.69, 9.17) is 0 Å². The normalized spacial score (nSPS) is 26.5. The summed E-state index contributed by atoms with van der Waals surface area (Å²) in [6.45, 7) is 1.94. The highest BCUT2D eigenvalue weighted by Gasteiger charge is 2.37. The van der Waals surface area contributed by atoms with Gasteiger partial charge in [-0.3, -0.25) is 10.1 Å². The van der Waals surface area contributed by atoms with Crippen LogP contribution in [0.4, 0.5) is 5.69 Å². The van der Waals surface area contributed by atoms with Crippen LogP contribution in [-0.4, -0.2) is 43.3 Å². The van der Waals surface area contributed by atoms with Gasteiger partial charge in [0.1, 0.15) is 0 Å². The van der Waals surface area contributed by atoms with Gasteiger partial charge in [-0.05, 0) is 37.4 Å². The molecule has 1 aromatic carbocycles. The minimum absolute atomic E-state index is 0.106. The van der Waals surface area contributed by atoms with Crippen molar-refractivity contribution in [2.45, 2.75) is 23.8 Å². The van der Waals surface area contributed by atoms with Crippen LogP contribution in [0.5, 0.6) is 0 Å². The van der Waals surface area contributed by atoms with Crippen molar-refractivity contribution < 1.29 is 13.3 Å². The minimum Gasteiger partial charge on any atom is -0.312 e. The topological polar surface area (TPSA) is 92.5 Å². The Labute approximate surface area is 123 Å². The van der Waals surface area contributed by atoms with Crippen LogP contribution in [0.3, 0.4) is 0 Å². The summed E-state index contributed by atoms with van der Waals surface area (Å²) >= 11 is 0. The zero-order valence-corrected chi connectivity index (χ0v) is 12.3. The van der Waals surface area contributed by atoms with Crippen LogP contribution in [-0.2, 0) is 10.0 Å². The summed E-state index contributed by atoms with van der Waals surface area (Å²) in [5.74, 6) is 0.563. The maximum absolute atomic E-state index is 12.6. The summed E-state index contributed by atoms with van der Waals surface area (Å²) in [6, 6.07) is 5.30. The first kappa shape index (κ1) is 14.4. The molecule has 7 nitrogen and oxygen atoms in total. The molecule has 0 bridgehead atoms. The van der Waals surface area contributed by atoms with E-state index in [-0.39, 0.29) is 16.6 Å². The molecule has 8 heteroatoms. The van der Waals surface area contributed by atoms with Crippen molar-refractivity contribution >= 4 is 15.7 Å². The number of nitrogens with one attached hydrogen (secondary N) is 1. The molecule has 0 spiro atoms. The van der Waals surface area contributed by atoms with Crippen LogP contribution < -0.4 is 5.32 Å². The van der Waals surface area contributed by atoms with Crippen LogP contribution in [0.2, 0.25) is 0 Å². The van der Waals surface area contributed by atoms with Gasteiger partial charge in [0.2, 0.25) is 10.0 Å². The SMILES string of the molecule is O=[N+]([O-])c1ccc(S(=O)(=O)N2CC[C@@H]3CCN[C@@H]3C2)cc1. The first-order valence-electron chi connectivity index (χ1n) is 6.96. The van der Waals surface area contributed by atoms with E-state index in [0.717, 1.165) is 19.4 Å². The third kappa shape index (κ3) is 2.66. The molecule has 2 aliphatic rings. The number of nitro groups is 1. The highest BCUT2D eigenvalue weighted by molar-refractivity contribution is 7.89. The zero-order chi connectivity index (χ0) is 15.0. The first-order valence-corrected chi connectivity index (χ1v) is 8.40. The molecule has 1 aromatic rings. The standard InChI is InChI=1S/C13H17N3O4S/c17-16(18)11-1-3-12(4-2-11)21(19,20)15-8-6-10-5-7-14-13(10)9-15/h1-4,10,13-14H,5-9H2/t10-,13+/m0/s1. The Kier molecular flexibility index (Phi) is 3.68. The van der Waals surface area contributed by atoms with Gasteiger partial charge < -0.3 is 5.32 Å². The summed E-state index contributed by atoms with van der Waals surface area (Å²) in [4.78, 5) is 10.2. The summed E-state index contributed by atoms with van der Waals surface area (Å²) in [7, 11) is -3.57. The Morgan fingerprint density at radius 3 is 2.62 bits per heavy atom. The number of rotatable bonds is 3. The minimum atomic E-state index is -3.57. The van der Waals surface area contributed by atoms with Gasteiger partial charge in [-0.1, -0.05) is 0 Å². The monoisotopic (exact) mass is 311 g/mol. The number of sulfonamides is 1. The summed E-state index contributed by atoms with van der Waals surface area (Å²) in [5.41, 5.74) is -0.106. The molecule has 21 heavy (non-hydrogen) atoms. The molecule has 0 saturated carbocycles. The summed E-state index contributed by atoms with van der Waals surface area (Å²) < 4.78 is 26.7. The highest BCUT2D eigenvalue weighted by Crippen LogP contribution is 2.29. The fraction of sp³-hybridized carbons (Fsp3) is 0.538. The molecular weight excluding hydrogens is 294 g/mol. The second kappa shape index (κ2) is 5.36. The predicted molar refractivity (Wildman–Crippen MR) is 76.4 cm³/mol. The third-order valence-corrected chi connectivity index (χ3v) is 6.20. The van der Waals surface area contributed by atoms with Gasteiger partial charge in [0.15, 0.2) is 0 Å². The van der Waals surface area contributed by atoms with E-state index in [2.05, 4.69) is 5.32 Å². The molecule has 3 rings (SSSR count). The lowest BCUT2D eigenvalue weighted by atomic mass is 9.94. The second-order valence-electron chi connectivity index (χ2n) is 5.51. The van der Waals surface area contributed by atoms with Gasteiger partial charge in [-0.25, -0.2) is 8.42 Å². The molecular formula is C13H17N3O4S. The van der Waals surface area contributed by atoms with Gasteiger partial charge >= 0.3 is 0 Å². The number of non-ortho nitro benzene ring substituents is 1. The van der Waals surface area contributed by atoms with Crippen LogP contribution >= 0.6 is 0 Å². The number of nitro benzene ring substituents is 1. The molecule has 2 atom stereocenters. The number of fused-ring (bicyclic) bond motifs is 1. The maximum atomic E-state index is 12.6. The van der Waals surface area contributed by atoms with Crippen molar-refractivity contribution in [2.75, 3.05) is 19.6 Å². The van der Waals surface area contributed by atoms with Crippen molar-refractivity contribution in [3.63, 3.8) is 0 Å². The lowest BCUT2D eigenvalue weighted by molar-refractivity contribution is -0.384. The van der Waals surface area contributed by atoms with Gasteiger partial charge in [0, 0.05) is 31.3 Å². The third-order valence-electron chi connectivity index (χ3n) is 4.33. The predicted octanol–water partition coefficient (Wildman–Crippen LogP) is 0.967. The Hall–Kier alpha value is -1.51. The van der Waals surface area contributed by atoms with Gasteiger partial charge in [0.25, 0.3) is 5.69 Å². The average molecular weight is 311 g/mol. The number of benzene rings is 1. The molecule has 0 radical (unpaired) electrons. The largest absolute Gasteiger partial charge is 0.312 e. The van der Waals surface area contributed by atoms with E-state index in [1.165, 1.54) is 28.6 Å². The lowest BCUT2D eigenvalue weighted by Crippen LogP contribution is -2.48. The molecule has 2 heterocycles. The highest BCUT2D eigenvalue weighted by atomic mass is 32.2. The molecule has 0 amide bonds. The molecule has 2 fully saturated rings. The number of hydrogen-bond acceptors (Lipinski definition) is 5. The van der Waals surface area contributed by atoms with Gasteiger partial charge in [-0.15, -0.1) is 0 Å². The van der Waals surface area contributed by atoms with Crippen molar-refractivity contribution in [1.82, 2.24) is 9.62 Å². The second-order valence-corrected chi connectivity index (χ2v) is 7.45. The fourth-order valence-electron chi connectivity index (χ4n) is 3.11. The Morgan fingerprint density at radius 2 is 1.95 bits per heavy atom. The quantitative estimate of drug-likeness (QED) is 0.663. The molecule has 2 aliphatic heterocycles. The first-order chi connectivity index (χ1) is 9.98. The van der Waals surface area contributed by atoms with Gasteiger partial charge in [-0.2, -0.15) is 4.31 Å². The Morgan fingerprint density at radius 1 is 1.24 bits per heavy atom. The summed E-state index contributed by atoms with van der Waals surface area (Å²) in [5, 5.41) is 14.0. The van der Waals surface area contributed by atoms with E-state index < -0.39 is 14.9 Å². The van der Waals surface area contributed by atoms with E-state index >= 15 is 0 Å². The molecule has 0 aliphatic carbocycles. The lowest BCUT2D eigenvalue weighted by Gasteiger charge is -2.34. The molecule has 1 N–H and O–H groups in total. The van der Waals surface area contributed by atoms with E-state index in [0.29, 0.717) is 19.0 Å². The zero-order valence-electron chi connectivity index (χ0n) is 11.4. The van der Waals surface area contributed by atoms with Crippen LogP contribution in [0.1, 0.15) is 12.8 Å². The number of hydrogen-bond donors (Lipinski definition) is 1. The number of nitrogens with zero attached hydrogens (tertiary/aromatic N) is 2. The van der Waals surface area contributed by atoms with Crippen LogP contribution in [0, 0.1) is 16.0 Å². The average Bonchev–Trinajstić information content (AvgIpc) is 2.94. The van der Waals surface area contributed by atoms with E-state index in [1.807, 2.05) is 0 Å². The van der Waals surface area contributed by atoms with Crippen molar-refractivity contribution in [1.29, 1.82) is 0 Å². The molecule has 0 unspecified atom stereocenters. The number of piperidine rings is 1. The van der Waals surface area contributed by atoms with Crippen molar-refractivity contribution in [2.24, 2.45) is 5.92 Å². The van der Waals surface area contributed by atoms with Crippen molar-refractivity contribution in [3.8, 4) is 0 Å². The molecule has 0 aromatic heterocycles. The van der Waals surface area contributed by atoms with Crippen molar-refractivity contribution in [3.05, 3.63) is 34.4 Å². The molecule has 2 saturated heterocycles. The van der Waals surface area contributed by atoms with E-state index in [1.54, 1.807) is 0 Å². The Balaban J connectivity index is 1.81. The van der Waals surface area contributed by atoms with Crippen LogP contribution in [0.25, 0.3) is 0 Å². The smallest absolute Gasteiger partial charge is 0.269 e. The molecule has 114 valence electrons. The summed E-state index contributed by atoms with van der Waals surface area (Å²) in [6.07, 6.45) is 1.97. The van der Waals surface area contributed by atoms with Gasteiger partial charge in [0.05, 0.1) is 9.82 Å². The van der Waals surface area contributed by atoms with E-state index in [9.17, 15) is 18.5 Å². The Bertz CT molecular complexity index is 644. The maximum Gasteiger partial charge on any atom is 0.269 e.